The third-order valence-corrected chi connectivity index (χ3v) is 2.40. The van der Waals surface area contributed by atoms with Crippen LogP contribution in [-0.4, -0.2) is 19.0 Å². The van der Waals surface area contributed by atoms with Crippen molar-refractivity contribution >= 4 is 23.8 Å². The molecular formula is C11H9N3. The van der Waals surface area contributed by atoms with E-state index in [1.54, 1.807) is 0 Å². The number of hydrogen-bond acceptors (Lipinski definition) is 3. The first-order valence-corrected chi connectivity index (χ1v) is 4.57. The first-order valence-electron chi connectivity index (χ1n) is 4.57. The van der Waals surface area contributed by atoms with Crippen LogP contribution in [0.2, 0.25) is 0 Å². The van der Waals surface area contributed by atoms with Crippen LogP contribution in [0, 0.1) is 0 Å². The van der Waals surface area contributed by atoms with E-state index in [0.717, 1.165) is 23.6 Å². The van der Waals surface area contributed by atoms with Crippen molar-refractivity contribution in [1.82, 2.24) is 0 Å². The Hall–Kier alpha value is -1.90. The molecule has 0 aliphatic carbocycles. The van der Waals surface area contributed by atoms with Gasteiger partial charge in [0.15, 0.2) is 0 Å². The Bertz CT molecular complexity index is 457. The molecule has 2 aliphatic rings. The smallest absolute Gasteiger partial charge is 0.0867 e. The third kappa shape index (κ3) is 0.988. The summed E-state index contributed by atoms with van der Waals surface area (Å²) in [4.78, 5) is 10.7. The molecule has 1 aromatic rings. The zero-order chi connectivity index (χ0) is 9.38. The molecule has 2 aliphatic heterocycles. The Morgan fingerprint density at radius 2 is 2.14 bits per heavy atom. The highest BCUT2D eigenvalue weighted by atomic mass is 15.2. The summed E-state index contributed by atoms with van der Waals surface area (Å²) in [5, 5.41) is 0. The first-order chi connectivity index (χ1) is 6.95. The summed E-state index contributed by atoms with van der Waals surface area (Å²) >= 11 is 0. The van der Waals surface area contributed by atoms with Crippen molar-refractivity contribution < 1.29 is 0 Å². The van der Waals surface area contributed by atoms with Crippen LogP contribution in [0.15, 0.2) is 46.1 Å². The summed E-state index contributed by atoms with van der Waals surface area (Å²) < 4.78 is 0. The van der Waals surface area contributed by atoms with Crippen molar-refractivity contribution in [2.75, 3.05) is 11.4 Å². The number of fused-ring (bicyclic) bond motifs is 3. The SMILES string of the molecule is C1=NC=C2C=Nc3ccccc3N2C1. The maximum Gasteiger partial charge on any atom is 0.0867 e. The van der Waals surface area contributed by atoms with Gasteiger partial charge in [0, 0.05) is 6.21 Å². The summed E-state index contributed by atoms with van der Waals surface area (Å²) in [6.07, 6.45) is 5.60. The summed E-state index contributed by atoms with van der Waals surface area (Å²) in [7, 11) is 0. The second kappa shape index (κ2) is 2.80. The Balaban J connectivity index is 2.18. The molecule has 0 fully saturated rings. The van der Waals surface area contributed by atoms with Gasteiger partial charge in [-0.2, -0.15) is 0 Å². The van der Waals surface area contributed by atoms with E-state index in [0.29, 0.717) is 0 Å². The quantitative estimate of drug-likeness (QED) is 0.605. The Kier molecular flexibility index (Phi) is 1.50. The molecule has 0 saturated heterocycles. The Morgan fingerprint density at radius 3 is 3.14 bits per heavy atom. The van der Waals surface area contributed by atoms with E-state index in [1.165, 1.54) is 0 Å². The van der Waals surface area contributed by atoms with Gasteiger partial charge in [-0.05, 0) is 12.1 Å². The van der Waals surface area contributed by atoms with Gasteiger partial charge in [0.05, 0.1) is 36.0 Å². The van der Waals surface area contributed by atoms with E-state index < -0.39 is 0 Å². The molecular weight excluding hydrogens is 174 g/mol. The van der Waals surface area contributed by atoms with Crippen molar-refractivity contribution in [3.63, 3.8) is 0 Å². The number of rotatable bonds is 0. The molecule has 0 amide bonds. The highest BCUT2D eigenvalue weighted by Crippen LogP contribution is 2.33. The van der Waals surface area contributed by atoms with Gasteiger partial charge in [0.2, 0.25) is 0 Å². The Labute approximate surface area is 82.1 Å². The molecule has 0 atom stereocenters. The number of nitrogens with zero attached hydrogens (tertiary/aromatic N) is 3. The highest BCUT2D eigenvalue weighted by Gasteiger charge is 2.18. The minimum Gasteiger partial charge on any atom is -0.332 e. The van der Waals surface area contributed by atoms with Crippen LogP contribution in [0.25, 0.3) is 0 Å². The largest absolute Gasteiger partial charge is 0.332 e. The molecule has 0 unspecified atom stereocenters. The first kappa shape index (κ1) is 7.50. The summed E-state index contributed by atoms with van der Waals surface area (Å²) in [6, 6.07) is 8.14. The minimum absolute atomic E-state index is 0.828. The zero-order valence-corrected chi connectivity index (χ0v) is 7.59. The topological polar surface area (TPSA) is 28.0 Å². The predicted octanol–water partition coefficient (Wildman–Crippen LogP) is 2.13. The fraction of sp³-hybridized carbons (Fsp3) is 0.0909. The summed E-state index contributed by atoms with van der Waals surface area (Å²) in [5.74, 6) is 0. The monoisotopic (exact) mass is 183 g/mol. The van der Waals surface area contributed by atoms with Crippen LogP contribution in [0.4, 0.5) is 11.4 Å². The van der Waals surface area contributed by atoms with Gasteiger partial charge < -0.3 is 4.90 Å². The van der Waals surface area contributed by atoms with Crippen molar-refractivity contribution in [2.24, 2.45) is 9.98 Å². The van der Waals surface area contributed by atoms with Crippen molar-refractivity contribution in [1.29, 1.82) is 0 Å². The Morgan fingerprint density at radius 1 is 1.21 bits per heavy atom. The number of anilines is 1. The normalized spacial score (nSPS) is 17.4. The van der Waals surface area contributed by atoms with Crippen LogP contribution in [0.1, 0.15) is 0 Å². The number of aliphatic imine (C=N–C) groups is 2. The summed E-state index contributed by atoms with van der Waals surface area (Å²) in [5.41, 5.74) is 3.25. The molecule has 3 rings (SSSR count). The molecule has 3 heteroatoms. The number of allylic oxidation sites excluding steroid dienone is 1. The van der Waals surface area contributed by atoms with Gasteiger partial charge in [-0.15, -0.1) is 0 Å². The van der Waals surface area contributed by atoms with Gasteiger partial charge in [-0.1, -0.05) is 12.1 Å². The van der Waals surface area contributed by atoms with E-state index >= 15 is 0 Å². The molecule has 2 heterocycles. The molecule has 0 saturated carbocycles. The second-order valence-corrected chi connectivity index (χ2v) is 3.24. The molecule has 3 nitrogen and oxygen atoms in total. The average Bonchev–Trinajstić information content (AvgIpc) is 2.29. The standard InChI is InChI=1S/C11H9N3/c1-2-4-11-10(3-1)13-8-9-7-12-5-6-14(9)11/h1-5,7-8H,6H2. The maximum atomic E-state index is 4.37. The fourth-order valence-corrected chi connectivity index (χ4v) is 1.71. The number of hydrogen-bond donors (Lipinski definition) is 0. The molecule has 14 heavy (non-hydrogen) atoms. The molecule has 0 aromatic heterocycles. The van der Waals surface area contributed by atoms with Crippen LogP contribution >= 0.6 is 0 Å². The van der Waals surface area contributed by atoms with Gasteiger partial charge in [-0.25, -0.2) is 0 Å². The summed E-state index contributed by atoms with van der Waals surface area (Å²) in [6.45, 7) is 0.828. The molecule has 68 valence electrons. The second-order valence-electron chi connectivity index (χ2n) is 3.24. The van der Waals surface area contributed by atoms with Gasteiger partial charge >= 0.3 is 0 Å². The van der Waals surface area contributed by atoms with E-state index in [2.05, 4.69) is 21.0 Å². The lowest BCUT2D eigenvalue weighted by molar-refractivity contribution is 1.06. The lowest BCUT2D eigenvalue weighted by atomic mass is 10.2. The molecule has 0 radical (unpaired) electrons. The number of para-hydroxylation sites is 2. The van der Waals surface area contributed by atoms with Gasteiger partial charge in [0.25, 0.3) is 0 Å². The lowest BCUT2D eigenvalue weighted by Crippen LogP contribution is -2.29. The third-order valence-electron chi connectivity index (χ3n) is 2.40. The van der Waals surface area contributed by atoms with E-state index in [4.69, 9.17) is 0 Å². The molecule has 0 N–H and O–H groups in total. The lowest BCUT2D eigenvalue weighted by Gasteiger charge is -2.29. The van der Waals surface area contributed by atoms with Gasteiger partial charge in [-0.3, -0.25) is 9.98 Å². The van der Waals surface area contributed by atoms with Crippen LogP contribution < -0.4 is 4.90 Å². The van der Waals surface area contributed by atoms with E-state index in [1.807, 2.05) is 36.8 Å². The molecule has 1 aromatic carbocycles. The van der Waals surface area contributed by atoms with Crippen molar-refractivity contribution in [3.8, 4) is 0 Å². The van der Waals surface area contributed by atoms with Crippen molar-refractivity contribution in [2.45, 2.75) is 0 Å². The van der Waals surface area contributed by atoms with Crippen LogP contribution in [0.5, 0.6) is 0 Å². The maximum absolute atomic E-state index is 4.37. The van der Waals surface area contributed by atoms with Crippen LogP contribution in [0.3, 0.4) is 0 Å². The molecule has 0 bridgehead atoms. The van der Waals surface area contributed by atoms with Gasteiger partial charge in [0.1, 0.15) is 0 Å². The van der Waals surface area contributed by atoms with Crippen molar-refractivity contribution in [3.05, 3.63) is 36.2 Å². The zero-order valence-electron chi connectivity index (χ0n) is 7.59. The van der Waals surface area contributed by atoms with E-state index in [9.17, 15) is 0 Å². The number of benzene rings is 1. The fourth-order valence-electron chi connectivity index (χ4n) is 1.71. The van der Waals surface area contributed by atoms with E-state index in [-0.39, 0.29) is 0 Å². The highest BCUT2D eigenvalue weighted by molar-refractivity contribution is 5.96. The minimum atomic E-state index is 0.828. The average molecular weight is 183 g/mol. The molecule has 0 spiro atoms. The van der Waals surface area contributed by atoms with Crippen LogP contribution in [-0.2, 0) is 0 Å². The predicted molar refractivity (Wildman–Crippen MR) is 58.5 cm³/mol.